The normalized spacial score (nSPS) is 19.5. The van der Waals surface area contributed by atoms with Gasteiger partial charge < -0.3 is 9.64 Å². The first-order valence-corrected chi connectivity index (χ1v) is 7.92. The van der Waals surface area contributed by atoms with Crippen LogP contribution in [0.1, 0.15) is 39.2 Å². The highest BCUT2D eigenvalue weighted by molar-refractivity contribution is 6.32. The first-order chi connectivity index (χ1) is 9.79. The van der Waals surface area contributed by atoms with Crippen LogP contribution in [0.2, 0.25) is 5.02 Å². The third-order valence-corrected chi connectivity index (χ3v) is 4.22. The number of piperidine rings is 1. The molecule has 0 aromatic heterocycles. The number of aryl methyl sites for hydroxylation is 1. The third kappa shape index (κ3) is 3.91. The van der Waals surface area contributed by atoms with Crippen LogP contribution in [-0.2, 0) is 4.79 Å². The Bertz CT molecular complexity index is 528. The maximum absolute atomic E-state index is 12.7. The van der Waals surface area contributed by atoms with E-state index in [1.54, 1.807) is 6.07 Å². The average molecular weight is 310 g/mol. The largest absolute Gasteiger partial charge is 0.476 e. The van der Waals surface area contributed by atoms with Gasteiger partial charge in [0.15, 0.2) is 5.60 Å². The van der Waals surface area contributed by atoms with Crippen LogP contribution in [0.5, 0.6) is 5.75 Å². The minimum Gasteiger partial charge on any atom is -0.476 e. The molecule has 1 unspecified atom stereocenters. The predicted molar refractivity (Wildman–Crippen MR) is 85.9 cm³/mol. The number of benzene rings is 1. The highest BCUT2D eigenvalue weighted by atomic mass is 35.5. The topological polar surface area (TPSA) is 29.5 Å². The molecule has 1 aliphatic rings. The molecule has 0 bridgehead atoms. The van der Waals surface area contributed by atoms with Crippen LogP contribution in [0.3, 0.4) is 0 Å². The molecule has 1 heterocycles. The van der Waals surface area contributed by atoms with Crippen molar-refractivity contribution in [3.63, 3.8) is 0 Å². The van der Waals surface area contributed by atoms with Crippen molar-refractivity contribution in [3.8, 4) is 5.75 Å². The molecule has 1 amide bonds. The van der Waals surface area contributed by atoms with Crippen molar-refractivity contribution in [2.45, 2.75) is 46.1 Å². The number of ether oxygens (including phenoxy) is 1. The lowest BCUT2D eigenvalue weighted by Crippen LogP contribution is -2.51. The summed E-state index contributed by atoms with van der Waals surface area (Å²) in [5.74, 6) is 1.16. The zero-order valence-electron chi connectivity index (χ0n) is 13.3. The van der Waals surface area contributed by atoms with E-state index in [9.17, 15) is 4.79 Å². The van der Waals surface area contributed by atoms with E-state index in [0.29, 0.717) is 16.7 Å². The van der Waals surface area contributed by atoms with E-state index in [4.69, 9.17) is 16.3 Å². The highest BCUT2D eigenvalue weighted by Gasteiger charge is 2.36. The van der Waals surface area contributed by atoms with Crippen molar-refractivity contribution in [3.05, 3.63) is 28.8 Å². The van der Waals surface area contributed by atoms with Gasteiger partial charge in [0.1, 0.15) is 5.75 Å². The SMILES string of the molecule is Cc1ccc(Cl)c(OC(C)(C)C(=O)N2CCCC(C)C2)c1. The van der Waals surface area contributed by atoms with Crippen LogP contribution >= 0.6 is 11.6 Å². The van der Waals surface area contributed by atoms with Crippen molar-refractivity contribution in [2.75, 3.05) is 13.1 Å². The molecular weight excluding hydrogens is 286 g/mol. The van der Waals surface area contributed by atoms with E-state index in [1.807, 2.05) is 37.8 Å². The summed E-state index contributed by atoms with van der Waals surface area (Å²) in [5.41, 5.74) is 0.151. The molecule has 0 aliphatic carbocycles. The fraction of sp³-hybridized carbons (Fsp3) is 0.588. The van der Waals surface area contributed by atoms with Crippen molar-refractivity contribution in [2.24, 2.45) is 5.92 Å². The average Bonchev–Trinajstić information content (AvgIpc) is 2.42. The zero-order chi connectivity index (χ0) is 15.6. The summed E-state index contributed by atoms with van der Waals surface area (Å²) in [5, 5.41) is 0.536. The molecule has 1 aromatic rings. The highest BCUT2D eigenvalue weighted by Crippen LogP contribution is 2.30. The molecule has 0 N–H and O–H groups in total. The maximum atomic E-state index is 12.7. The van der Waals surface area contributed by atoms with E-state index < -0.39 is 5.60 Å². The summed E-state index contributed by atoms with van der Waals surface area (Å²) in [6, 6.07) is 5.60. The molecule has 0 saturated carbocycles. The summed E-state index contributed by atoms with van der Waals surface area (Å²) in [4.78, 5) is 14.6. The van der Waals surface area contributed by atoms with Gasteiger partial charge in [-0.3, -0.25) is 4.79 Å². The summed E-state index contributed by atoms with van der Waals surface area (Å²) < 4.78 is 5.94. The van der Waals surface area contributed by atoms with Gasteiger partial charge in [0.25, 0.3) is 5.91 Å². The van der Waals surface area contributed by atoms with Gasteiger partial charge in [-0.1, -0.05) is 24.6 Å². The van der Waals surface area contributed by atoms with Gasteiger partial charge in [0.2, 0.25) is 0 Å². The second-order valence-corrected chi connectivity index (χ2v) is 6.95. The molecule has 21 heavy (non-hydrogen) atoms. The first-order valence-electron chi connectivity index (χ1n) is 7.54. The molecule has 1 aromatic carbocycles. The van der Waals surface area contributed by atoms with Gasteiger partial charge in [0, 0.05) is 13.1 Å². The van der Waals surface area contributed by atoms with Crippen molar-refractivity contribution < 1.29 is 9.53 Å². The van der Waals surface area contributed by atoms with Crippen molar-refractivity contribution in [1.82, 2.24) is 4.90 Å². The second kappa shape index (κ2) is 6.27. The Morgan fingerprint density at radius 2 is 2.14 bits per heavy atom. The van der Waals surface area contributed by atoms with Gasteiger partial charge >= 0.3 is 0 Å². The molecule has 1 saturated heterocycles. The van der Waals surface area contributed by atoms with E-state index >= 15 is 0 Å². The number of carbonyl (C=O) groups excluding carboxylic acids is 1. The number of nitrogens with zero attached hydrogens (tertiary/aromatic N) is 1. The predicted octanol–water partition coefficient (Wildman–Crippen LogP) is 4.06. The van der Waals surface area contributed by atoms with Crippen LogP contribution < -0.4 is 4.74 Å². The fourth-order valence-electron chi connectivity index (χ4n) is 2.76. The fourth-order valence-corrected chi connectivity index (χ4v) is 2.92. The van der Waals surface area contributed by atoms with Crippen molar-refractivity contribution in [1.29, 1.82) is 0 Å². The summed E-state index contributed by atoms with van der Waals surface area (Å²) >= 11 is 6.17. The minimum atomic E-state index is -0.908. The lowest BCUT2D eigenvalue weighted by molar-refractivity contribution is -0.147. The molecule has 3 nitrogen and oxygen atoms in total. The van der Waals surface area contributed by atoms with Crippen LogP contribution in [-0.4, -0.2) is 29.5 Å². The van der Waals surface area contributed by atoms with Crippen LogP contribution in [0.4, 0.5) is 0 Å². The number of amides is 1. The summed E-state index contributed by atoms with van der Waals surface area (Å²) in [7, 11) is 0. The number of halogens is 1. The number of hydrogen-bond donors (Lipinski definition) is 0. The van der Waals surface area contributed by atoms with Crippen LogP contribution in [0, 0.1) is 12.8 Å². The van der Waals surface area contributed by atoms with Gasteiger partial charge in [-0.25, -0.2) is 0 Å². The van der Waals surface area contributed by atoms with E-state index in [0.717, 1.165) is 25.1 Å². The van der Waals surface area contributed by atoms with E-state index in [2.05, 4.69) is 6.92 Å². The van der Waals surface area contributed by atoms with Crippen molar-refractivity contribution >= 4 is 17.5 Å². The molecule has 1 aliphatic heterocycles. The Hall–Kier alpha value is -1.22. The van der Waals surface area contributed by atoms with Gasteiger partial charge in [-0.05, 0) is 57.2 Å². The molecule has 1 fully saturated rings. The van der Waals surface area contributed by atoms with Gasteiger partial charge in [-0.2, -0.15) is 0 Å². The molecule has 0 radical (unpaired) electrons. The Morgan fingerprint density at radius 1 is 1.43 bits per heavy atom. The Morgan fingerprint density at radius 3 is 2.81 bits per heavy atom. The first kappa shape index (κ1) is 16.2. The molecule has 1 atom stereocenters. The molecule has 2 rings (SSSR count). The number of hydrogen-bond acceptors (Lipinski definition) is 2. The van der Waals surface area contributed by atoms with E-state index in [1.165, 1.54) is 6.42 Å². The Balaban J connectivity index is 2.13. The van der Waals surface area contributed by atoms with Crippen LogP contribution in [0.15, 0.2) is 18.2 Å². The third-order valence-electron chi connectivity index (χ3n) is 3.91. The van der Waals surface area contributed by atoms with Gasteiger partial charge in [0.05, 0.1) is 5.02 Å². The summed E-state index contributed by atoms with van der Waals surface area (Å²) in [6.07, 6.45) is 2.25. The monoisotopic (exact) mass is 309 g/mol. The second-order valence-electron chi connectivity index (χ2n) is 6.54. The number of rotatable bonds is 3. The lowest BCUT2D eigenvalue weighted by atomic mass is 9.98. The minimum absolute atomic E-state index is 0.0339. The maximum Gasteiger partial charge on any atom is 0.266 e. The zero-order valence-corrected chi connectivity index (χ0v) is 14.0. The molecule has 4 heteroatoms. The number of likely N-dealkylation sites (tertiary alicyclic amines) is 1. The quantitative estimate of drug-likeness (QED) is 0.842. The standard InChI is InChI=1S/C17H24ClNO2/c1-12-7-8-14(18)15(10-12)21-17(3,4)16(20)19-9-5-6-13(2)11-19/h7-8,10,13H,5-6,9,11H2,1-4H3. The molecular formula is C17H24ClNO2. The molecule has 116 valence electrons. The summed E-state index contributed by atoms with van der Waals surface area (Å²) in [6.45, 7) is 9.42. The molecule has 0 spiro atoms. The Labute approximate surface area is 132 Å². The van der Waals surface area contributed by atoms with E-state index in [-0.39, 0.29) is 5.91 Å². The Kier molecular flexibility index (Phi) is 4.82. The smallest absolute Gasteiger partial charge is 0.266 e. The number of carbonyl (C=O) groups is 1. The van der Waals surface area contributed by atoms with Crippen LogP contribution in [0.25, 0.3) is 0 Å². The van der Waals surface area contributed by atoms with Gasteiger partial charge in [-0.15, -0.1) is 0 Å². The lowest BCUT2D eigenvalue weighted by Gasteiger charge is -2.36.